The van der Waals surface area contributed by atoms with Crippen molar-refractivity contribution >= 4 is 16.8 Å². The lowest BCUT2D eigenvalue weighted by Gasteiger charge is -2.28. The summed E-state index contributed by atoms with van der Waals surface area (Å²) in [7, 11) is 2.11. The Morgan fingerprint density at radius 1 is 1.12 bits per heavy atom. The molecule has 1 aliphatic heterocycles. The van der Waals surface area contributed by atoms with Gasteiger partial charge in [-0.1, -0.05) is 48.0 Å². The molecule has 0 saturated carbocycles. The third-order valence-electron chi connectivity index (χ3n) is 5.11. The smallest absolute Gasteiger partial charge is 0.227 e. The van der Waals surface area contributed by atoms with Crippen molar-refractivity contribution in [2.75, 3.05) is 6.54 Å². The first-order valence-electron chi connectivity index (χ1n) is 8.52. The Hall–Kier alpha value is -2.55. The van der Waals surface area contributed by atoms with Crippen molar-refractivity contribution in [3.63, 3.8) is 0 Å². The Labute approximate surface area is 142 Å². The lowest BCUT2D eigenvalue weighted by molar-refractivity contribution is -0.131. The van der Waals surface area contributed by atoms with Crippen molar-refractivity contribution in [3.05, 3.63) is 70.9 Å². The second-order valence-corrected chi connectivity index (χ2v) is 6.73. The molecule has 0 unspecified atom stereocenters. The minimum absolute atomic E-state index is 0.219. The Morgan fingerprint density at radius 3 is 2.79 bits per heavy atom. The van der Waals surface area contributed by atoms with Crippen molar-refractivity contribution in [1.82, 2.24) is 9.47 Å². The predicted octanol–water partition coefficient (Wildman–Crippen LogP) is 3.61. The van der Waals surface area contributed by atoms with E-state index in [9.17, 15) is 4.79 Å². The molecule has 0 atom stereocenters. The lowest BCUT2D eigenvalue weighted by Crippen LogP contribution is -2.37. The van der Waals surface area contributed by atoms with Gasteiger partial charge in [-0.05, 0) is 30.5 Å². The van der Waals surface area contributed by atoms with E-state index in [4.69, 9.17) is 0 Å². The molecule has 2 aromatic carbocycles. The lowest BCUT2D eigenvalue weighted by atomic mass is 10.0. The van der Waals surface area contributed by atoms with Crippen molar-refractivity contribution in [2.24, 2.45) is 7.05 Å². The summed E-state index contributed by atoms with van der Waals surface area (Å²) >= 11 is 0. The molecule has 1 amide bonds. The standard InChI is InChI=1S/C21H22N2O/c1-15-6-5-7-16(12-15)13-21(24)23-11-10-18-17-8-3-4-9-19(17)22(2)20(18)14-23/h3-9,12H,10-11,13-14H2,1-2H3. The van der Waals surface area contributed by atoms with Gasteiger partial charge in [-0.25, -0.2) is 0 Å². The molecule has 0 N–H and O–H groups in total. The summed E-state index contributed by atoms with van der Waals surface area (Å²) in [5, 5.41) is 1.33. The average Bonchev–Trinajstić information content (AvgIpc) is 2.88. The van der Waals surface area contributed by atoms with Crippen LogP contribution in [0.2, 0.25) is 0 Å². The first kappa shape index (κ1) is 15.0. The van der Waals surface area contributed by atoms with E-state index in [0.717, 1.165) is 18.5 Å². The highest BCUT2D eigenvalue weighted by Gasteiger charge is 2.25. The number of amides is 1. The summed E-state index contributed by atoms with van der Waals surface area (Å²) in [5.41, 5.74) is 6.25. The van der Waals surface area contributed by atoms with Crippen LogP contribution in [0.1, 0.15) is 22.4 Å². The molecule has 1 aromatic heterocycles. The van der Waals surface area contributed by atoms with Gasteiger partial charge < -0.3 is 9.47 Å². The predicted molar refractivity (Wildman–Crippen MR) is 96.9 cm³/mol. The minimum Gasteiger partial charge on any atom is -0.346 e. The van der Waals surface area contributed by atoms with Crippen LogP contribution in [0.25, 0.3) is 10.9 Å². The highest BCUT2D eigenvalue weighted by molar-refractivity contribution is 5.86. The van der Waals surface area contributed by atoms with E-state index >= 15 is 0 Å². The number of aryl methyl sites for hydroxylation is 2. The Morgan fingerprint density at radius 2 is 1.96 bits per heavy atom. The van der Waals surface area contributed by atoms with E-state index in [1.165, 1.54) is 27.7 Å². The van der Waals surface area contributed by atoms with Crippen molar-refractivity contribution in [2.45, 2.75) is 26.3 Å². The number of para-hydroxylation sites is 1. The number of aromatic nitrogens is 1. The fourth-order valence-electron chi connectivity index (χ4n) is 3.83. The maximum Gasteiger partial charge on any atom is 0.227 e. The molecule has 3 nitrogen and oxygen atoms in total. The summed E-state index contributed by atoms with van der Waals surface area (Å²) in [6, 6.07) is 16.8. The average molecular weight is 318 g/mol. The second kappa shape index (κ2) is 5.82. The Kier molecular flexibility index (Phi) is 3.64. The molecule has 4 rings (SSSR count). The van der Waals surface area contributed by atoms with Gasteiger partial charge in [0, 0.05) is 30.2 Å². The number of nitrogens with zero attached hydrogens (tertiary/aromatic N) is 2. The zero-order chi connectivity index (χ0) is 16.7. The third kappa shape index (κ3) is 2.50. The largest absolute Gasteiger partial charge is 0.346 e. The van der Waals surface area contributed by atoms with Crippen LogP contribution in [0.15, 0.2) is 48.5 Å². The van der Waals surface area contributed by atoms with E-state index in [1.807, 2.05) is 17.0 Å². The van der Waals surface area contributed by atoms with Gasteiger partial charge in [-0.3, -0.25) is 4.79 Å². The zero-order valence-corrected chi connectivity index (χ0v) is 14.2. The number of carbonyl (C=O) groups excluding carboxylic acids is 1. The monoisotopic (exact) mass is 318 g/mol. The van der Waals surface area contributed by atoms with Gasteiger partial charge in [-0.2, -0.15) is 0 Å². The summed E-state index contributed by atoms with van der Waals surface area (Å²) in [6.07, 6.45) is 1.43. The Balaban J connectivity index is 1.59. The van der Waals surface area contributed by atoms with Crippen LogP contribution in [-0.4, -0.2) is 21.9 Å². The molecule has 0 spiro atoms. The van der Waals surface area contributed by atoms with Crippen LogP contribution in [0.5, 0.6) is 0 Å². The van der Waals surface area contributed by atoms with Crippen LogP contribution in [0.4, 0.5) is 0 Å². The second-order valence-electron chi connectivity index (χ2n) is 6.73. The summed E-state index contributed by atoms with van der Waals surface area (Å²) in [6.45, 7) is 3.59. The molecule has 0 saturated heterocycles. The molecular weight excluding hydrogens is 296 g/mol. The van der Waals surface area contributed by atoms with Gasteiger partial charge in [0.05, 0.1) is 13.0 Å². The molecule has 3 aromatic rings. The summed E-state index contributed by atoms with van der Waals surface area (Å²) in [4.78, 5) is 14.7. The molecule has 24 heavy (non-hydrogen) atoms. The number of fused-ring (bicyclic) bond motifs is 3. The van der Waals surface area contributed by atoms with Crippen LogP contribution in [-0.2, 0) is 31.2 Å². The van der Waals surface area contributed by atoms with E-state index in [1.54, 1.807) is 0 Å². The summed E-state index contributed by atoms with van der Waals surface area (Å²) in [5.74, 6) is 0.219. The van der Waals surface area contributed by atoms with Gasteiger partial charge in [0.2, 0.25) is 5.91 Å². The SMILES string of the molecule is Cc1cccc(CC(=O)N2CCc3c(n(C)c4ccccc34)C2)c1. The molecule has 2 heterocycles. The minimum atomic E-state index is 0.219. The quantitative estimate of drug-likeness (QED) is 0.708. The van der Waals surface area contributed by atoms with E-state index in [0.29, 0.717) is 13.0 Å². The third-order valence-corrected chi connectivity index (χ3v) is 5.11. The van der Waals surface area contributed by atoms with Crippen LogP contribution >= 0.6 is 0 Å². The maximum absolute atomic E-state index is 12.7. The fraction of sp³-hybridized carbons (Fsp3) is 0.286. The highest BCUT2D eigenvalue weighted by atomic mass is 16.2. The molecule has 3 heteroatoms. The number of hydrogen-bond acceptors (Lipinski definition) is 1. The topological polar surface area (TPSA) is 25.2 Å². The molecule has 1 aliphatic rings. The number of hydrogen-bond donors (Lipinski definition) is 0. The zero-order valence-electron chi connectivity index (χ0n) is 14.2. The molecule has 0 fully saturated rings. The van der Waals surface area contributed by atoms with Crippen LogP contribution < -0.4 is 0 Å². The molecular formula is C21H22N2O. The van der Waals surface area contributed by atoms with Gasteiger partial charge in [0.15, 0.2) is 0 Å². The first-order valence-corrected chi connectivity index (χ1v) is 8.52. The highest BCUT2D eigenvalue weighted by Crippen LogP contribution is 2.30. The number of carbonyl (C=O) groups is 1. The van der Waals surface area contributed by atoms with Crippen molar-refractivity contribution in [1.29, 1.82) is 0 Å². The van der Waals surface area contributed by atoms with Crippen molar-refractivity contribution in [3.8, 4) is 0 Å². The molecule has 0 radical (unpaired) electrons. The number of rotatable bonds is 2. The van der Waals surface area contributed by atoms with Gasteiger partial charge in [-0.15, -0.1) is 0 Å². The van der Waals surface area contributed by atoms with Gasteiger partial charge in [0.1, 0.15) is 0 Å². The van der Waals surface area contributed by atoms with Crippen LogP contribution in [0.3, 0.4) is 0 Å². The molecule has 122 valence electrons. The van der Waals surface area contributed by atoms with E-state index < -0.39 is 0 Å². The molecule has 0 aliphatic carbocycles. The summed E-state index contributed by atoms with van der Waals surface area (Å²) < 4.78 is 2.25. The van der Waals surface area contributed by atoms with E-state index in [2.05, 4.69) is 54.9 Å². The van der Waals surface area contributed by atoms with Crippen molar-refractivity contribution < 1.29 is 4.79 Å². The fourth-order valence-corrected chi connectivity index (χ4v) is 3.83. The first-order chi connectivity index (χ1) is 11.6. The Bertz CT molecular complexity index is 923. The number of benzene rings is 2. The van der Waals surface area contributed by atoms with Gasteiger partial charge in [0.25, 0.3) is 0 Å². The van der Waals surface area contributed by atoms with E-state index in [-0.39, 0.29) is 5.91 Å². The normalized spacial score (nSPS) is 14.0. The maximum atomic E-state index is 12.7. The van der Waals surface area contributed by atoms with Crippen LogP contribution in [0, 0.1) is 6.92 Å². The molecule has 0 bridgehead atoms. The van der Waals surface area contributed by atoms with Gasteiger partial charge >= 0.3 is 0 Å².